The number of rotatable bonds is 4. The van der Waals surface area contributed by atoms with Crippen LogP contribution in [-0.2, 0) is 6.54 Å². The number of aromatic nitrogens is 1. The van der Waals surface area contributed by atoms with E-state index < -0.39 is 0 Å². The number of nitrogens with one attached hydrogen (secondary N) is 1. The van der Waals surface area contributed by atoms with Crippen LogP contribution in [0.15, 0.2) is 36.5 Å². The Balaban J connectivity index is 2.16. The van der Waals surface area contributed by atoms with Gasteiger partial charge in [-0.2, -0.15) is 0 Å². The molecule has 94 valence electrons. The lowest BCUT2D eigenvalue weighted by molar-refractivity contribution is 0.462. The molecule has 0 unspecified atom stereocenters. The maximum Gasteiger partial charge on any atom is 0.238 e. The van der Waals surface area contributed by atoms with Crippen molar-refractivity contribution < 1.29 is 4.74 Å². The van der Waals surface area contributed by atoms with Crippen molar-refractivity contribution in [1.29, 1.82) is 0 Å². The first-order valence-electron chi connectivity index (χ1n) is 5.72. The smallest absolute Gasteiger partial charge is 0.238 e. The van der Waals surface area contributed by atoms with E-state index in [1.165, 1.54) is 5.56 Å². The van der Waals surface area contributed by atoms with Crippen molar-refractivity contribution in [3.05, 3.63) is 52.7 Å². The zero-order valence-corrected chi connectivity index (χ0v) is 11.2. The molecule has 0 saturated heterocycles. The fourth-order valence-electron chi connectivity index (χ4n) is 1.56. The topological polar surface area (TPSA) is 34.2 Å². The van der Waals surface area contributed by atoms with Crippen LogP contribution in [0.25, 0.3) is 0 Å². The van der Waals surface area contributed by atoms with Crippen molar-refractivity contribution in [2.75, 3.05) is 7.05 Å². The molecule has 0 saturated carbocycles. The third kappa shape index (κ3) is 3.22. The Kier molecular flexibility index (Phi) is 4.18. The molecule has 18 heavy (non-hydrogen) atoms. The van der Waals surface area contributed by atoms with Crippen LogP contribution in [0.3, 0.4) is 0 Å². The second kappa shape index (κ2) is 5.85. The molecule has 0 atom stereocenters. The van der Waals surface area contributed by atoms with Gasteiger partial charge >= 0.3 is 0 Å². The zero-order valence-electron chi connectivity index (χ0n) is 10.4. The highest BCUT2D eigenvalue weighted by Gasteiger charge is 2.06. The van der Waals surface area contributed by atoms with Gasteiger partial charge in [0.05, 0.1) is 0 Å². The van der Waals surface area contributed by atoms with E-state index in [2.05, 4.69) is 10.3 Å². The maximum absolute atomic E-state index is 6.13. The molecule has 1 aromatic heterocycles. The molecule has 0 amide bonds. The second-order valence-electron chi connectivity index (χ2n) is 4.08. The predicted octanol–water partition coefficient (Wildman–Crippen LogP) is 3.56. The average Bonchev–Trinajstić information content (AvgIpc) is 2.36. The summed E-state index contributed by atoms with van der Waals surface area (Å²) in [5, 5.41) is 3.56. The number of halogens is 1. The Bertz CT molecular complexity index is 526. The molecule has 0 spiro atoms. The summed E-state index contributed by atoms with van der Waals surface area (Å²) < 4.78 is 5.63. The molecule has 4 heteroatoms. The van der Waals surface area contributed by atoms with Gasteiger partial charge in [-0.25, -0.2) is 4.98 Å². The number of ether oxygens (including phenoxy) is 1. The van der Waals surface area contributed by atoms with E-state index in [9.17, 15) is 0 Å². The summed E-state index contributed by atoms with van der Waals surface area (Å²) in [6, 6.07) is 9.62. The van der Waals surface area contributed by atoms with Gasteiger partial charge in [0.25, 0.3) is 0 Å². The van der Waals surface area contributed by atoms with Crippen LogP contribution in [0.5, 0.6) is 11.6 Å². The van der Waals surface area contributed by atoms with E-state index in [0.29, 0.717) is 10.9 Å². The molecule has 2 rings (SSSR count). The van der Waals surface area contributed by atoms with Crippen molar-refractivity contribution >= 4 is 11.6 Å². The molecule has 0 bridgehead atoms. The fourth-order valence-corrected chi connectivity index (χ4v) is 1.79. The Morgan fingerprint density at radius 2 is 2.00 bits per heavy atom. The summed E-state index contributed by atoms with van der Waals surface area (Å²) in [7, 11) is 1.88. The Hall–Kier alpha value is -1.58. The first kappa shape index (κ1) is 12.9. The molecule has 2 aromatic rings. The lowest BCUT2D eigenvalue weighted by Crippen LogP contribution is -2.05. The molecule has 1 aromatic carbocycles. The molecule has 0 fully saturated rings. The van der Waals surface area contributed by atoms with Crippen molar-refractivity contribution in [3.63, 3.8) is 0 Å². The molecular weight excluding hydrogens is 248 g/mol. The normalized spacial score (nSPS) is 10.4. The van der Waals surface area contributed by atoms with Gasteiger partial charge in [-0.1, -0.05) is 29.3 Å². The molecule has 1 heterocycles. The van der Waals surface area contributed by atoms with Crippen LogP contribution in [0.4, 0.5) is 0 Å². The summed E-state index contributed by atoms with van der Waals surface area (Å²) in [5.41, 5.74) is 2.21. The maximum atomic E-state index is 6.13. The molecule has 0 aliphatic carbocycles. The highest BCUT2D eigenvalue weighted by molar-refractivity contribution is 6.31. The van der Waals surface area contributed by atoms with Gasteiger partial charge < -0.3 is 10.1 Å². The number of pyridine rings is 1. The number of hydrogen-bond acceptors (Lipinski definition) is 3. The highest BCUT2D eigenvalue weighted by atomic mass is 35.5. The summed E-state index contributed by atoms with van der Waals surface area (Å²) in [5.74, 6) is 1.16. The molecule has 1 N–H and O–H groups in total. The fraction of sp³-hybridized carbons (Fsp3) is 0.214. The van der Waals surface area contributed by atoms with Crippen LogP contribution < -0.4 is 10.1 Å². The standard InChI is InChI=1S/C14H15ClN2O/c1-10-3-5-12(6-4-10)18-14-13(15)7-11(8-16-2)9-17-14/h3-7,9,16H,8H2,1-2H3. The average molecular weight is 263 g/mol. The molecular formula is C14H15ClN2O. The van der Waals surface area contributed by atoms with Crippen LogP contribution in [0.1, 0.15) is 11.1 Å². The van der Waals surface area contributed by atoms with Gasteiger partial charge in [0, 0.05) is 12.7 Å². The van der Waals surface area contributed by atoms with Crippen LogP contribution in [-0.4, -0.2) is 12.0 Å². The van der Waals surface area contributed by atoms with E-state index in [1.54, 1.807) is 6.20 Å². The summed E-state index contributed by atoms with van der Waals surface area (Å²) >= 11 is 6.13. The Morgan fingerprint density at radius 1 is 1.28 bits per heavy atom. The SMILES string of the molecule is CNCc1cnc(Oc2ccc(C)cc2)c(Cl)c1. The highest BCUT2D eigenvalue weighted by Crippen LogP contribution is 2.27. The molecule has 3 nitrogen and oxygen atoms in total. The van der Waals surface area contributed by atoms with Crippen molar-refractivity contribution in [2.24, 2.45) is 0 Å². The van der Waals surface area contributed by atoms with Gasteiger partial charge in [-0.3, -0.25) is 0 Å². The van der Waals surface area contributed by atoms with Gasteiger partial charge in [-0.05, 0) is 37.7 Å². The number of nitrogens with zero attached hydrogens (tertiary/aromatic N) is 1. The Labute approximate surface area is 112 Å². The zero-order chi connectivity index (χ0) is 13.0. The quantitative estimate of drug-likeness (QED) is 0.915. The monoisotopic (exact) mass is 262 g/mol. The minimum atomic E-state index is 0.431. The van der Waals surface area contributed by atoms with Gasteiger partial charge in [0.15, 0.2) is 0 Å². The predicted molar refractivity (Wildman–Crippen MR) is 73.3 cm³/mol. The molecule has 0 aliphatic rings. The van der Waals surface area contributed by atoms with Crippen LogP contribution in [0, 0.1) is 6.92 Å². The van der Waals surface area contributed by atoms with E-state index >= 15 is 0 Å². The van der Waals surface area contributed by atoms with Crippen molar-refractivity contribution in [1.82, 2.24) is 10.3 Å². The van der Waals surface area contributed by atoms with Crippen molar-refractivity contribution in [3.8, 4) is 11.6 Å². The van der Waals surface area contributed by atoms with E-state index in [1.807, 2.05) is 44.3 Å². The lowest BCUT2D eigenvalue weighted by Gasteiger charge is -2.08. The molecule has 0 aliphatic heterocycles. The van der Waals surface area contributed by atoms with E-state index in [4.69, 9.17) is 16.3 Å². The second-order valence-corrected chi connectivity index (χ2v) is 4.48. The number of aryl methyl sites for hydroxylation is 1. The minimum absolute atomic E-state index is 0.431. The van der Waals surface area contributed by atoms with Crippen molar-refractivity contribution in [2.45, 2.75) is 13.5 Å². The molecule has 0 radical (unpaired) electrons. The van der Waals surface area contributed by atoms with Gasteiger partial charge in [0.2, 0.25) is 5.88 Å². The summed E-state index contributed by atoms with van der Waals surface area (Å²) in [6.07, 6.45) is 1.76. The third-order valence-electron chi connectivity index (χ3n) is 2.48. The first-order valence-corrected chi connectivity index (χ1v) is 6.10. The lowest BCUT2D eigenvalue weighted by atomic mass is 10.2. The minimum Gasteiger partial charge on any atom is -0.438 e. The summed E-state index contributed by atoms with van der Waals surface area (Å²) in [4.78, 5) is 4.22. The van der Waals surface area contributed by atoms with E-state index in [0.717, 1.165) is 17.9 Å². The largest absolute Gasteiger partial charge is 0.438 e. The summed E-state index contributed by atoms with van der Waals surface area (Å²) in [6.45, 7) is 2.76. The van der Waals surface area contributed by atoms with E-state index in [-0.39, 0.29) is 0 Å². The van der Waals surface area contributed by atoms with Gasteiger partial charge in [-0.15, -0.1) is 0 Å². The van der Waals surface area contributed by atoms with Crippen LogP contribution >= 0.6 is 11.6 Å². The number of hydrogen-bond donors (Lipinski definition) is 1. The third-order valence-corrected chi connectivity index (χ3v) is 2.75. The Morgan fingerprint density at radius 3 is 2.61 bits per heavy atom. The van der Waals surface area contributed by atoms with Gasteiger partial charge in [0.1, 0.15) is 10.8 Å². The van der Waals surface area contributed by atoms with Crippen LogP contribution in [0.2, 0.25) is 5.02 Å². The first-order chi connectivity index (χ1) is 8.69. The number of benzene rings is 1.